The minimum atomic E-state index is -0.269. The lowest BCUT2D eigenvalue weighted by Gasteiger charge is -2.16. The smallest absolute Gasteiger partial charge is 0.127 e. The number of benzene rings is 2. The van der Waals surface area contributed by atoms with Gasteiger partial charge >= 0.3 is 0 Å². The molecule has 100 valence electrons. The van der Waals surface area contributed by atoms with Crippen molar-refractivity contribution >= 4 is 0 Å². The minimum Gasteiger partial charge on any atom is -0.496 e. The van der Waals surface area contributed by atoms with Crippen LogP contribution in [0, 0.1) is 19.7 Å². The van der Waals surface area contributed by atoms with Crippen LogP contribution in [0.1, 0.15) is 16.7 Å². The van der Waals surface area contributed by atoms with Crippen LogP contribution < -0.4 is 10.5 Å². The van der Waals surface area contributed by atoms with Gasteiger partial charge < -0.3 is 10.5 Å². The van der Waals surface area contributed by atoms with Gasteiger partial charge in [0.1, 0.15) is 11.6 Å². The first-order valence-corrected chi connectivity index (χ1v) is 6.21. The highest BCUT2D eigenvalue weighted by molar-refractivity contribution is 5.77. The second-order valence-electron chi connectivity index (χ2n) is 4.66. The van der Waals surface area contributed by atoms with E-state index < -0.39 is 0 Å². The maximum atomic E-state index is 13.5. The number of aryl methyl sites for hydroxylation is 2. The Morgan fingerprint density at radius 1 is 1.16 bits per heavy atom. The predicted molar refractivity (Wildman–Crippen MR) is 75.8 cm³/mol. The molecule has 0 spiro atoms. The standard InChI is InChI=1S/C16H18FNO/c1-10-6-11(2)16(15(7-10)19-3)14-8-13(17)5-4-12(14)9-18/h4-8H,9,18H2,1-3H3. The summed E-state index contributed by atoms with van der Waals surface area (Å²) in [5, 5.41) is 0. The lowest BCUT2D eigenvalue weighted by Crippen LogP contribution is -2.02. The average molecular weight is 259 g/mol. The summed E-state index contributed by atoms with van der Waals surface area (Å²) < 4.78 is 19.0. The molecule has 0 unspecified atom stereocenters. The monoisotopic (exact) mass is 259 g/mol. The lowest BCUT2D eigenvalue weighted by atomic mass is 9.93. The van der Waals surface area contributed by atoms with Crippen molar-refractivity contribution in [2.45, 2.75) is 20.4 Å². The number of methoxy groups -OCH3 is 1. The Bertz CT molecular complexity index is 608. The van der Waals surface area contributed by atoms with Crippen LogP contribution in [0.15, 0.2) is 30.3 Å². The summed E-state index contributed by atoms with van der Waals surface area (Å²) in [5.41, 5.74) is 10.5. The number of rotatable bonds is 3. The average Bonchev–Trinajstić information content (AvgIpc) is 2.37. The van der Waals surface area contributed by atoms with Crippen molar-refractivity contribution in [2.75, 3.05) is 7.11 Å². The summed E-state index contributed by atoms with van der Waals surface area (Å²) in [5.74, 6) is 0.479. The van der Waals surface area contributed by atoms with Crippen molar-refractivity contribution in [1.82, 2.24) is 0 Å². The molecule has 0 radical (unpaired) electrons. The zero-order valence-corrected chi connectivity index (χ0v) is 11.5. The molecular formula is C16H18FNO. The van der Waals surface area contributed by atoms with E-state index in [1.807, 2.05) is 19.9 Å². The first-order valence-electron chi connectivity index (χ1n) is 6.21. The molecule has 0 aliphatic heterocycles. The van der Waals surface area contributed by atoms with Gasteiger partial charge in [-0.2, -0.15) is 0 Å². The molecule has 0 saturated heterocycles. The molecule has 0 fully saturated rings. The van der Waals surface area contributed by atoms with Crippen LogP contribution in [-0.4, -0.2) is 7.11 Å². The van der Waals surface area contributed by atoms with Crippen LogP contribution in [0.25, 0.3) is 11.1 Å². The first kappa shape index (κ1) is 13.6. The van der Waals surface area contributed by atoms with Crippen molar-refractivity contribution in [3.8, 4) is 16.9 Å². The fraction of sp³-hybridized carbons (Fsp3) is 0.250. The van der Waals surface area contributed by atoms with E-state index in [9.17, 15) is 4.39 Å². The Hall–Kier alpha value is -1.87. The summed E-state index contributed by atoms with van der Waals surface area (Å²) in [4.78, 5) is 0. The summed E-state index contributed by atoms with van der Waals surface area (Å²) >= 11 is 0. The molecule has 0 bridgehead atoms. The number of halogens is 1. The first-order chi connectivity index (χ1) is 9.06. The van der Waals surface area contributed by atoms with Crippen LogP contribution in [-0.2, 0) is 6.54 Å². The number of ether oxygens (including phenoxy) is 1. The van der Waals surface area contributed by atoms with Crippen LogP contribution >= 0.6 is 0 Å². The molecule has 0 saturated carbocycles. The zero-order valence-electron chi connectivity index (χ0n) is 11.5. The molecule has 0 aromatic heterocycles. The molecular weight excluding hydrogens is 241 g/mol. The van der Waals surface area contributed by atoms with Gasteiger partial charge in [0.05, 0.1) is 7.11 Å². The summed E-state index contributed by atoms with van der Waals surface area (Å²) in [7, 11) is 1.62. The third-order valence-electron chi connectivity index (χ3n) is 3.22. The van der Waals surface area contributed by atoms with Gasteiger partial charge in [0, 0.05) is 12.1 Å². The summed E-state index contributed by atoms with van der Waals surface area (Å²) in [6.45, 7) is 4.37. The summed E-state index contributed by atoms with van der Waals surface area (Å²) in [6, 6.07) is 8.68. The molecule has 0 amide bonds. The molecule has 19 heavy (non-hydrogen) atoms. The Morgan fingerprint density at radius 3 is 2.53 bits per heavy atom. The van der Waals surface area contributed by atoms with Crippen molar-refractivity contribution in [3.63, 3.8) is 0 Å². The van der Waals surface area contributed by atoms with Crippen LogP contribution in [0.3, 0.4) is 0 Å². The second kappa shape index (κ2) is 5.41. The normalized spacial score (nSPS) is 10.6. The van der Waals surface area contributed by atoms with E-state index in [4.69, 9.17) is 10.5 Å². The van der Waals surface area contributed by atoms with Gasteiger partial charge in [-0.1, -0.05) is 12.1 Å². The highest BCUT2D eigenvalue weighted by Gasteiger charge is 2.14. The fourth-order valence-corrected chi connectivity index (χ4v) is 2.39. The van der Waals surface area contributed by atoms with Gasteiger partial charge in [-0.15, -0.1) is 0 Å². The minimum absolute atomic E-state index is 0.269. The van der Waals surface area contributed by atoms with E-state index in [0.29, 0.717) is 6.54 Å². The van der Waals surface area contributed by atoms with Crippen molar-refractivity contribution in [1.29, 1.82) is 0 Å². The maximum Gasteiger partial charge on any atom is 0.127 e. The van der Waals surface area contributed by atoms with E-state index in [2.05, 4.69) is 6.07 Å². The highest BCUT2D eigenvalue weighted by Crippen LogP contribution is 2.36. The third kappa shape index (κ3) is 2.61. The van der Waals surface area contributed by atoms with Crippen molar-refractivity contribution in [3.05, 3.63) is 52.8 Å². The SMILES string of the molecule is COc1cc(C)cc(C)c1-c1cc(F)ccc1CN. The lowest BCUT2D eigenvalue weighted by molar-refractivity contribution is 0.416. The molecule has 2 N–H and O–H groups in total. The Labute approximate surface area is 113 Å². The number of hydrogen-bond donors (Lipinski definition) is 1. The van der Waals surface area contributed by atoms with E-state index in [0.717, 1.165) is 33.6 Å². The van der Waals surface area contributed by atoms with Gasteiger partial charge in [-0.3, -0.25) is 0 Å². The van der Waals surface area contributed by atoms with Gasteiger partial charge in [-0.25, -0.2) is 4.39 Å². The molecule has 2 aromatic carbocycles. The molecule has 0 aliphatic rings. The third-order valence-corrected chi connectivity index (χ3v) is 3.22. The molecule has 2 rings (SSSR count). The quantitative estimate of drug-likeness (QED) is 0.914. The van der Waals surface area contributed by atoms with Gasteiger partial charge in [0.2, 0.25) is 0 Å². The molecule has 3 heteroatoms. The Balaban J connectivity index is 2.74. The molecule has 0 aliphatic carbocycles. The van der Waals surface area contributed by atoms with Crippen LogP contribution in [0.4, 0.5) is 4.39 Å². The van der Waals surface area contributed by atoms with Gasteiger partial charge in [0.15, 0.2) is 0 Å². The molecule has 2 nitrogen and oxygen atoms in total. The highest BCUT2D eigenvalue weighted by atomic mass is 19.1. The van der Waals surface area contributed by atoms with E-state index >= 15 is 0 Å². The van der Waals surface area contributed by atoms with E-state index in [1.54, 1.807) is 13.2 Å². The Morgan fingerprint density at radius 2 is 1.89 bits per heavy atom. The Kier molecular flexibility index (Phi) is 3.86. The molecule has 0 atom stereocenters. The summed E-state index contributed by atoms with van der Waals surface area (Å²) in [6.07, 6.45) is 0. The number of hydrogen-bond acceptors (Lipinski definition) is 2. The second-order valence-corrected chi connectivity index (χ2v) is 4.66. The van der Waals surface area contributed by atoms with E-state index in [1.165, 1.54) is 12.1 Å². The van der Waals surface area contributed by atoms with Crippen molar-refractivity contribution < 1.29 is 9.13 Å². The maximum absolute atomic E-state index is 13.5. The van der Waals surface area contributed by atoms with Gasteiger partial charge in [-0.05, 0) is 54.3 Å². The number of nitrogens with two attached hydrogens (primary N) is 1. The van der Waals surface area contributed by atoms with Crippen LogP contribution in [0.2, 0.25) is 0 Å². The zero-order chi connectivity index (χ0) is 14.0. The fourth-order valence-electron chi connectivity index (χ4n) is 2.39. The van der Waals surface area contributed by atoms with Crippen LogP contribution in [0.5, 0.6) is 5.75 Å². The largest absolute Gasteiger partial charge is 0.496 e. The predicted octanol–water partition coefficient (Wildman–Crippen LogP) is 3.58. The van der Waals surface area contributed by atoms with Crippen molar-refractivity contribution in [2.24, 2.45) is 5.73 Å². The topological polar surface area (TPSA) is 35.2 Å². The van der Waals surface area contributed by atoms with Gasteiger partial charge in [0.25, 0.3) is 0 Å². The van der Waals surface area contributed by atoms with E-state index in [-0.39, 0.29) is 5.82 Å². The molecule has 0 heterocycles. The molecule has 2 aromatic rings.